The number of carbonyl (C=O) groups is 4. The maximum atomic E-state index is 13.0. The number of nitrogens with two attached hydrogens (primary N) is 1. The molecule has 350 valence electrons. The normalized spacial score (nSPS) is 17.0. The number of anilines is 6. The van der Waals surface area contributed by atoms with Crippen LogP contribution < -0.4 is 66.8 Å². The summed E-state index contributed by atoms with van der Waals surface area (Å²) in [6, 6.07) is 7.06. The molecule has 0 aliphatic carbocycles. The molecule has 4 aliphatic heterocycles. The van der Waals surface area contributed by atoms with Crippen molar-refractivity contribution in [1.29, 1.82) is 0 Å². The van der Waals surface area contributed by atoms with Gasteiger partial charge in [0.05, 0.1) is 42.5 Å². The van der Waals surface area contributed by atoms with Crippen LogP contribution in [0.3, 0.4) is 0 Å². The summed E-state index contributed by atoms with van der Waals surface area (Å²) in [4.78, 5) is 96.3. The first-order valence-electron chi connectivity index (χ1n) is 19.6. The molecule has 4 amide bonds. The van der Waals surface area contributed by atoms with Gasteiger partial charge in [0.25, 0.3) is 11.1 Å². The van der Waals surface area contributed by atoms with E-state index in [0.29, 0.717) is 37.6 Å². The molecule has 0 unspecified atom stereocenters. The van der Waals surface area contributed by atoms with Crippen LogP contribution in [0.4, 0.5) is 70.6 Å². The predicted octanol–water partition coefficient (Wildman–Crippen LogP) is 0.737. The molecule has 2 saturated heterocycles. The Morgan fingerprint density at radius 1 is 0.738 bits per heavy atom. The molecule has 27 heteroatoms. The molecule has 65 heavy (non-hydrogen) atoms. The van der Waals surface area contributed by atoms with Gasteiger partial charge in [-0.15, -0.1) is 0 Å². The Balaban J connectivity index is 0.000000187. The van der Waals surface area contributed by atoms with Crippen LogP contribution in [0.15, 0.2) is 58.6 Å². The molecule has 2 fully saturated rings. The van der Waals surface area contributed by atoms with Crippen molar-refractivity contribution in [3.63, 3.8) is 0 Å². The Morgan fingerprint density at radius 2 is 1.18 bits per heavy atom. The van der Waals surface area contributed by atoms with Gasteiger partial charge in [-0.05, 0) is 37.1 Å². The summed E-state index contributed by atoms with van der Waals surface area (Å²) in [5.74, 6) is -1.20. The molecule has 5 N–H and O–H groups in total. The number of carbonyl (C=O) groups excluding carboxylic acids is 3. The van der Waals surface area contributed by atoms with Crippen LogP contribution in [-0.4, -0.2) is 113 Å². The van der Waals surface area contributed by atoms with Gasteiger partial charge in [-0.2, -0.15) is 13.2 Å². The van der Waals surface area contributed by atoms with Crippen molar-refractivity contribution < 1.29 is 72.1 Å². The fourth-order valence-corrected chi connectivity index (χ4v) is 8.09. The van der Waals surface area contributed by atoms with Gasteiger partial charge < -0.3 is 24.0 Å². The summed E-state index contributed by atoms with van der Waals surface area (Å²) in [5.41, 5.74) is 0.425. The minimum absolute atomic E-state index is 0.0625. The molecule has 0 radical (unpaired) electrons. The topological polar surface area (TPSA) is 247 Å². The van der Waals surface area contributed by atoms with E-state index in [0.717, 1.165) is 18.7 Å². The number of aryl methyl sites for hydroxylation is 2. The number of rotatable bonds is 8. The van der Waals surface area contributed by atoms with Gasteiger partial charge in [-0.1, -0.05) is 0 Å². The number of nitrogens with one attached hydrogen (secondary N) is 2. The van der Waals surface area contributed by atoms with E-state index in [2.05, 4.69) is 35.5 Å². The van der Waals surface area contributed by atoms with Crippen LogP contribution >= 0.6 is 0 Å². The van der Waals surface area contributed by atoms with Gasteiger partial charge in [-0.25, -0.2) is 34.3 Å². The maximum absolute atomic E-state index is 13.0. The number of urea groups is 2. The van der Waals surface area contributed by atoms with Crippen molar-refractivity contribution in [1.82, 2.24) is 29.1 Å². The molecule has 0 aromatic carbocycles. The van der Waals surface area contributed by atoms with Crippen molar-refractivity contribution in [2.45, 2.75) is 56.5 Å². The van der Waals surface area contributed by atoms with E-state index in [9.17, 15) is 60.2 Å². The zero-order chi connectivity index (χ0) is 47.4. The third-order valence-electron chi connectivity index (χ3n) is 10.4. The predicted molar refractivity (Wildman–Crippen MR) is 218 cm³/mol. The second kappa shape index (κ2) is 19.8. The summed E-state index contributed by atoms with van der Waals surface area (Å²) in [5, 5.41) is 14.4. The zero-order valence-electron chi connectivity index (χ0n) is 34.4. The summed E-state index contributed by atoms with van der Waals surface area (Å²) < 4.78 is 78.7. The van der Waals surface area contributed by atoms with Crippen LogP contribution in [0.1, 0.15) is 53.1 Å². The number of hydrogen-bond acceptors (Lipinski definition) is 13. The fraction of sp³-hybridized carbons (Fsp3) is 0.421. The summed E-state index contributed by atoms with van der Waals surface area (Å²) in [7, 11) is 3.09. The minimum atomic E-state index is -4.44. The van der Waals surface area contributed by atoms with E-state index in [-0.39, 0.29) is 56.5 Å². The number of nitrogens with zero attached hydrogens (tertiary/aromatic N) is 10. The van der Waals surface area contributed by atoms with E-state index >= 15 is 0 Å². The van der Waals surface area contributed by atoms with Crippen molar-refractivity contribution in [3.8, 4) is 0 Å². The number of alkyl halides is 7. The summed E-state index contributed by atoms with van der Waals surface area (Å²) in [6.45, 7) is 2.65. The van der Waals surface area contributed by atoms with Crippen molar-refractivity contribution >= 4 is 58.5 Å². The van der Waals surface area contributed by atoms with Crippen LogP contribution in [0.5, 0.6) is 0 Å². The molecule has 4 bridgehead atoms. The van der Waals surface area contributed by atoms with Crippen molar-refractivity contribution in [3.05, 3.63) is 81.1 Å². The summed E-state index contributed by atoms with van der Waals surface area (Å²) >= 11 is -0.679. The Kier molecular flexibility index (Phi) is 14.6. The number of pyridine rings is 2. The van der Waals surface area contributed by atoms with Crippen LogP contribution in [0.2, 0.25) is 0 Å². The number of hydrogen-bond donors (Lipinski definition) is 4. The zero-order valence-corrected chi connectivity index (χ0v) is 36.6. The number of ketones is 1. The fourth-order valence-electron chi connectivity index (χ4n) is 7.16. The number of halogens is 7. The third-order valence-corrected chi connectivity index (χ3v) is 11.6. The molecular formula is C38H41F6IN13O7-. The average molecular weight is 1030 g/mol. The Morgan fingerprint density at radius 3 is 1.58 bits per heavy atom. The molecule has 20 nitrogen and oxygen atoms in total. The molecule has 0 saturated carbocycles. The first kappa shape index (κ1) is 48.1. The van der Waals surface area contributed by atoms with Crippen LogP contribution in [0, 0.1) is 0 Å². The Hall–Kier alpha value is -6.39. The Bertz CT molecular complexity index is 2580. The molecule has 8 rings (SSSR count). The number of aromatic nitrogens is 6. The number of fused-ring (bicyclic) bond motifs is 8. The first-order chi connectivity index (χ1) is 30.6. The molecule has 8 heterocycles. The second-order valence-corrected chi connectivity index (χ2v) is 16.9. The van der Waals surface area contributed by atoms with Gasteiger partial charge in [0.15, 0.2) is 23.1 Å². The van der Waals surface area contributed by atoms with E-state index in [1.54, 1.807) is 19.2 Å². The number of Topliss-reactive ketones (excluding diaryl/α,β-unsaturated/α-hetero) is 1. The molecule has 4 aliphatic rings. The van der Waals surface area contributed by atoms with Gasteiger partial charge >= 0.3 is 79.8 Å². The third kappa shape index (κ3) is 11.9. The quantitative estimate of drug-likeness (QED) is 0.0626. The molecule has 4 aromatic heterocycles. The molecule has 2 atom stereocenters. The standard InChI is InChI=1S/C19H19F3N6O3.C16H16N6O4.C3H6F3IN/c1-26-10-23-15(8-16(26)30)25-18(31)28-11-5-7-27(9-11)13-3-2-12(24-17(13)28)14(29)4-6-19(20,21)22;1-20-8-17-12(6-13(20)23)19-16(26)22-9-4-5-21(7-9)11-3-2-10(15(24)25)18-14(11)22;4-3(5,6)1-2-7-8/h2-3,8,10-11H,4-7,9H2,1H3,(H,25,31);2-3,6,8-9H,4-5,7H2,1H3,(H,19,26)(H,24,25);1-2,8H2/q;;-1/t11-;9-;/m00./s1. The molecule has 4 aromatic rings. The van der Waals surface area contributed by atoms with Gasteiger partial charge in [-0.3, -0.25) is 34.8 Å². The SMILES string of the molecule is Cn1cnc(NC(=O)N2c3nc(C(=O)CCC(F)(F)F)ccc3N3CC[C@H]2C3)cc1=O.Cn1cnc(NC(=O)N2c3nc(C(=O)O)ccc3N3CC[C@H]2C3)cc1=O.N[I-]CCC(F)(F)F. The first-order valence-corrected chi connectivity index (χ1v) is 22.3. The number of aromatic carboxylic acids is 1. The monoisotopic (exact) mass is 1030 g/mol. The second-order valence-electron chi connectivity index (χ2n) is 15.0. The average Bonchev–Trinajstić information content (AvgIpc) is 3.86. The number of amides is 4. The Labute approximate surface area is 375 Å². The number of carboxylic acids is 1. The van der Waals surface area contributed by atoms with Gasteiger partial charge in [0.2, 0.25) is 0 Å². The molecule has 0 spiro atoms. The van der Waals surface area contributed by atoms with Crippen molar-refractivity contribution in [2.75, 3.05) is 60.8 Å². The van der Waals surface area contributed by atoms with Crippen molar-refractivity contribution in [2.24, 2.45) is 18.0 Å². The molecular weight excluding hydrogens is 991 g/mol. The van der Waals surface area contributed by atoms with E-state index < -0.39 is 76.9 Å². The van der Waals surface area contributed by atoms with E-state index in [1.165, 1.54) is 62.9 Å². The van der Waals surface area contributed by atoms with Crippen LogP contribution in [0.25, 0.3) is 0 Å². The van der Waals surface area contributed by atoms with Crippen LogP contribution in [-0.2, 0) is 14.1 Å². The van der Waals surface area contributed by atoms with Gasteiger partial charge in [0.1, 0.15) is 17.3 Å². The summed E-state index contributed by atoms with van der Waals surface area (Å²) in [6.07, 6.45) is -7.11. The van der Waals surface area contributed by atoms with E-state index in [1.807, 2.05) is 4.90 Å². The van der Waals surface area contributed by atoms with Gasteiger partial charge in [0, 0.05) is 58.8 Å². The number of carboxylic acid groups (broad SMARTS) is 1. The van der Waals surface area contributed by atoms with E-state index in [4.69, 9.17) is 3.95 Å².